The molecule has 0 N–H and O–H groups in total. The maximum atomic E-state index is 12.0. The third kappa shape index (κ3) is 7.75. The van der Waals surface area contributed by atoms with Gasteiger partial charge >= 0.3 is 11.9 Å². The summed E-state index contributed by atoms with van der Waals surface area (Å²) in [5, 5.41) is 8.53. The fraction of sp³-hybridized carbons (Fsp3) is 0.391. The summed E-state index contributed by atoms with van der Waals surface area (Å²) in [4.78, 5) is 23.9. The Hall–Kier alpha value is -3.06. The zero-order valence-electron chi connectivity index (χ0n) is 17.6. The molecule has 0 radical (unpaired) electrons. The molecule has 0 amide bonds. The highest BCUT2D eigenvalue weighted by Crippen LogP contribution is 2.18. The summed E-state index contributed by atoms with van der Waals surface area (Å²) in [5.74, 6) is -0.749. The van der Waals surface area contributed by atoms with Gasteiger partial charge in [0.2, 0.25) is 0 Å². The SMILES string of the molecule is COC(C)(CCOC(=O)c1ccccc1)/N=N/C(C)CCOC(=O)c1ccccc1. The third-order valence-corrected chi connectivity index (χ3v) is 4.49. The minimum absolute atomic E-state index is 0.153. The molecule has 0 heterocycles. The van der Waals surface area contributed by atoms with Crippen molar-refractivity contribution in [2.75, 3.05) is 20.3 Å². The number of methoxy groups -OCH3 is 1. The number of hydrogen-bond acceptors (Lipinski definition) is 7. The number of carbonyl (C=O) groups excluding carboxylic acids is 2. The van der Waals surface area contributed by atoms with Crippen LogP contribution in [0.25, 0.3) is 0 Å². The van der Waals surface area contributed by atoms with Gasteiger partial charge in [-0.25, -0.2) is 9.59 Å². The first kappa shape index (κ1) is 23.2. The van der Waals surface area contributed by atoms with Crippen LogP contribution in [-0.4, -0.2) is 44.0 Å². The highest BCUT2D eigenvalue weighted by Gasteiger charge is 2.24. The predicted octanol–water partition coefficient (Wildman–Crippen LogP) is 4.68. The largest absolute Gasteiger partial charge is 0.462 e. The van der Waals surface area contributed by atoms with Gasteiger partial charge in [-0.3, -0.25) is 0 Å². The molecule has 0 aliphatic rings. The van der Waals surface area contributed by atoms with E-state index in [0.717, 1.165) is 0 Å². The standard InChI is InChI=1S/C23H28N2O5/c1-18(14-16-29-21(26)19-10-6-4-7-11-19)24-25-23(2,28-3)15-17-30-22(27)20-12-8-5-9-13-20/h4-13,18H,14-17H2,1-3H3/b25-24+. The Bertz CT molecular complexity index is 826. The smallest absolute Gasteiger partial charge is 0.338 e. The first-order chi connectivity index (χ1) is 14.4. The summed E-state index contributed by atoms with van der Waals surface area (Å²) >= 11 is 0. The molecular weight excluding hydrogens is 384 g/mol. The lowest BCUT2D eigenvalue weighted by Gasteiger charge is -2.22. The first-order valence-corrected chi connectivity index (χ1v) is 9.85. The summed E-state index contributed by atoms with van der Waals surface area (Å²) in [6.07, 6.45) is 0.895. The van der Waals surface area contributed by atoms with Crippen LogP contribution >= 0.6 is 0 Å². The number of nitrogens with zero attached hydrogens (tertiary/aromatic N) is 2. The molecule has 2 unspecified atom stereocenters. The lowest BCUT2D eigenvalue weighted by atomic mass is 10.2. The molecule has 0 saturated heterocycles. The van der Waals surface area contributed by atoms with Crippen molar-refractivity contribution in [3.63, 3.8) is 0 Å². The van der Waals surface area contributed by atoms with E-state index in [4.69, 9.17) is 14.2 Å². The van der Waals surface area contributed by atoms with Gasteiger partial charge in [0.1, 0.15) is 0 Å². The second-order valence-electron chi connectivity index (χ2n) is 6.99. The molecule has 160 valence electrons. The molecule has 7 nitrogen and oxygen atoms in total. The number of hydrogen-bond donors (Lipinski definition) is 0. The predicted molar refractivity (Wildman–Crippen MR) is 112 cm³/mol. The van der Waals surface area contributed by atoms with E-state index in [1.807, 2.05) is 19.1 Å². The summed E-state index contributed by atoms with van der Waals surface area (Å²) in [6.45, 7) is 4.05. The molecule has 0 aliphatic carbocycles. The van der Waals surface area contributed by atoms with Gasteiger partial charge in [0, 0.05) is 20.0 Å². The molecule has 0 saturated carbocycles. The summed E-state index contributed by atoms with van der Waals surface area (Å²) in [5.41, 5.74) is 0.104. The van der Waals surface area contributed by atoms with E-state index in [0.29, 0.717) is 24.0 Å². The number of benzene rings is 2. The first-order valence-electron chi connectivity index (χ1n) is 9.85. The second kappa shape index (κ2) is 11.8. The van der Waals surface area contributed by atoms with Gasteiger partial charge in [0.25, 0.3) is 0 Å². The molecule has 30 heavy (non-hydrogen) atoms. The Balaban J connectivity index is 1.74. The maximum absolute atomic E-state index is 12.0. The average molecular weight is 412 g/mol. The molecule has 0 aromatic heterocycles. The summed E-state index contributed by atoms with van der Waals surface area (Å²) in [7, 11) is 1.53. The van der Waals surface area contributed by atoms with Crippen molar-refractivity contribution < 1.29 is 23.8 Å². The number of carbonyl (C=O) groups is 2. The van der Waals surface area contributed by atoms with Crippen LogP contribution in [0.5, 0.6) is 0 Å². The summed E-state index contributed by atoms with van der Waals surface area (Å²) in [6, 6.07) is 17.5. The molecule has 2 aromatic rings. The summed E-state index contributed by atoms with van der Waals surface area (Å²) < 4.78 is 16.0. The van der Waals surface area contributed by atoms with Gasteiger partial charge in [-0.2, -0.15) is 10.2 Å². The molecule has 0 spiro atoms. The van der Waals surface area contributed by atoms with Gasteiger partial charge in [-0.05, 0) is 38.1 Å². The van der Waals surface area contributed by atoms with Crippen molar-refractivity contribution in [1.29, 1.82) is 0 Å². The highest BCUT2D eigenvalue weighted by atomic mass is 16.5. The van der Waals surface area contributed by atoms with E-state index in [1.54, 1.807) is 55.5 Å². The monoisotopic (exact) mass is 412 g/mol. The Kier molecular flexibility index (Phi) is 9.15. The minimum Gasteiger partial charge on any atom is -0.462 e. The van der Waals surface area contributed by atoms with Crippen LogP contribution < -0.4 is 0 Å². The molecular formula is C23H28N2O5. The van der Waals surface area contributed by atoms with Crippen LogP contribution in [0.3, 0.4) is 0 Å². The van der Waals surface area contributed by atoms with E-state index < -0.39 is 5.72 Å². The van der Waals surface area contributed by atoms with E-state index in [-0.39, 0.29) is 31.2 Å². The average Bonchev–Trinajstić information content (AvgIpc) is 2.78. The van der Waals surface area contributed by atoms with Crippen molar-refractivity contribution in [3.8, 4) is 0 Å². The molecule has 2 atom stereocenters. The van der Waals surface area contributed by atoms with Gasteiger partial charge < -0.3 is 14.2 Å². The fourth-order valence-corrected chi connectivity index (χ4v) is 2.44. The minimum atomic E-state index is -0.911. The highest BCUT2D eigenvalue weighted by molar-refractivity contribution is 5.89. The zero-order chi connectivity index (χ0) is 21.8. The van der Waals surface area contributed by atoms with Crippen LogP contribution in [0, 0.1) is 0 Å². The van der Waals surface area contributed by atoms with E-state index in [1.165, 1.54) is 7.11 Å². The molecule has 0 bridgehead atoms. The van der Waals surface area contributed by atoms with Crippen molar-refractivity contribution >= 4 is 11.9 Å². The molecule has 2 rings (SSSR count). The van der Waals surface area contributed by atoms with Crippen molar-refractivity contribution in [2.24, 2.45) is 10.2 Å². The van der Waals surface area contributed by atoms with Crippen LogP contribution in [0.1, 0.15) is 47.4 Å². The lowest BCUT2D eigenvalue weighted by Crippen LogP contribution is -2.27. The number of azo groups is 1. The third-order valence-electron chi connectivity index (χ3n) is 4.49. The number of rotatable bonds is 11. The van der Waals surface area contributed by atoms with E-state index in [9.17, 15) is 9.59 Å². The van der Waals surface area contributed by atoms with E-state index >= 15 is 0 Å². The Morgan fingerprint density at radius 2 is 1.40 bits per heavy atom. The van der Waals surface area contributed by atoms with Gasteiger partial charge in [0.15, 0.2) is 5.72 Å². The van der Waals surface area contributed by atoms with Gasteiger partial charge in [-0.15, -0.1) is 0 Å². The van der Waals surface area contributed by atoms with Crippen LogP contribution in [0.4, 0.5) is 0 Å². The molecule has 7 heteroatoms. The van der Waals surface area contributed by atoms with Crippen LogP contribution in [0.15, 0.2) is 70.9 Å². The van der Waals surface area contributed by atoms with Crippen LogP contribution in [-0.2, 0) is 14.2 Å². The van der Waals surface area contributed by atoms with Crippen molar-refractivity contribution in [2.45, 2.75) is 38.5 Å². The fourth-order valence-electron chi connectivity index (χ4n) is 2.44. The van der Waals surface area contributed by atoms with Crippen LogP contribution in [0.2, 0.25) is 0 Å². The number of ether oxygens (including phenoxy) is 3. The normalized spacial score (nSPS) is 14.1. The Labute approximate surface area is 177 Å². The maximum Gasteiger partial charge on any atom is 0.338 e. The zero-order valence-corrected chi connectivity index (χ0v) is 17.6. The topological polar surface area (TPSA) is 86.6 Å². The Morgan fingerprint density at radius 3 is 1.90 bits per heavy atom. The van der Waals surface area contributed by atoms with Gasteiger partial charge in [0.05, 0.1) is 30.4 Å². The number of esters is 2. The molecule has 0 fully saturated rings. The van der Waals surface area contributed by atoms with Crippen molar-refractivity contribution in [3.05, 3.63) is 71.8 Å². The van der Waals surface area contributed by atoms with Gasteiger partial charge in [-0.1, -0.05) is 36.4 Å². The molecule has 2 aromatic carbocycles. The van der Waals surface area contributed by atoms with Crippen molar-refractivity contribution in [1.82, 2.24) is 0 Å². The quantitative estimate of drug-likeness (QED) is 0.395. The molecule has 0 aliphatic heterocycles. The lowest BCUT2D eigenvalue weighted by molar-refractivity contribution is -0.0187. The second-order valence-corrected chi connectivity index (χ2v) is 6.99. The Morgan fingerprint density at radius 1 is 0.900 bits per heavy atom. The van der Waals surface area contributed by atoms with E-state index in [2.05, 4.69) is 10.2 Å².